The Morgan fingerprint density at radius 3 is 2.68 bits per heavy atom. The van der Waals surface area contributed by atoms with Gasteiger partial charge < -0.3 is 4.74 Å². The number of pyridine rings is 1. The molecule has 0 saturated carbocycles. The van der Waals surface area contributed by atoms with Crippen LogP contribution in [0.15, 0.2) is 23.7 Å². The molecule has 0 radical (unpaired) electrons. The van der Waals surface area contributed by atoms with E-state index in [9.17, 15) is 13.6 Å². The van der Waals surface area contributed by atoms with E-state index in [0.717, 1.165) is 12.2 Å². The molecule has 0 atom stereocenters. The molecule has 0 fully saturated rings. The van der Waals surface area contributed by atoms with Crippen LogP contribution in [-0.4, -0.2) is 57.3 Å². The number of ether oxygens (including phenoxy) is 1. The van der Waals surface area contributed by atoms with Gasteiger partial charge in [-0.15, -0.1) is 21.5 Å². The lowest BCUT2D eigenvalue weighted by atomic mass is 9.91. The van der Waals surface area contributed by atoms with E-state index in [1.807, 2.05) is 0 Å². The van der Waals surface area contributed by atoms with Crippen molar-refractivity contribution in [1.82, 2.24) is 29.9 Å². The summed E-state index contributed by atoms with van der Waals surface area (Å²) >= 11 is 1.25. The van der Waals surface area contributed by atoms with Crippen molar-refractivity contribution in [3.8, 4) is 11.5 Å². The molecule has 0 unspecified atom stereocenters. The second-order valence-corrected chi connectivity index (χ2v) is 17.4. The fourth-order valence-corrected chi connectivity index (χ4v) is 5.57. The van der Waals surface area contributed by atoms with Gasteiger partial charge in [-0.1, -0.05) is 19.6 Å². The Hall–Kier alpha value is -3.16. The van der Waals surface area contributed by atoms with Crippen molar-refractivity contribution in [1.29, 1.82) is 0 Å². The van der Waals surface area contributed by atoms with E-state index >= 15 is 0 Å². The Labute approximate surface area is 217 Å². The first kappa shape index (κ1) is 25.5. The molecule has 0 aliphatic carbocycles. The molecule has 1 amide bonds. The second kappa shape index (κ2) is 9.30. The number of hydrogen-bond acceptors (Lipinski definition) is 8. The van der Waals surface area contributed by atoms with Gasteiger partial charge in [0.2, 0.25) is 11.7 Å². The Morgan fingerprint density at radius 1 is 1.19 bits per heavy atom. The molecule has 13 heteroatoms. The number of thiophene rings is 1. The lowest BCUT2D eigenvalue weighted by molar-refractivity contribution is -0.123. The van der Waals surface area contributed by atoms with Gasteiger partial charge in [0.15, 0.2) is 11.5 Å². The molecular weight excluding hydrogens is 516 g/mol. The van der Waals surface area contributed by atoms with E-state index in [1.54, 1.807) is 19.2 Å². The Balaban J connectivity index is 1.53. The maximum Gasteiger partial charge on any atom is 0.242 e. The molecule has 0 bridgehead atoms. The molecule has 1 aliphatic rings. The lowest BCUT2D eigenvalue weighted by Gasteiger charge is -2.20. The van der Waals surface area contributed by atoms with Crippen molar-refractivity contribution in [2.75, 3.05) is 18.2 Å². The first-order valence-corrected chi connectivity index (χ1v) is 16.4. The minimum Gasteiger partial charge on any atom is -0.361 e. The number of anilines is 1. The zero-order chi connectivity index (χ0) is 26.5. The molecule has 0 N–H and O–H groups in total. The number of halogens is 2. The minimum absolute atomic E-state index is 0.0426. The summed E-state index contributed by atoms with van der Waals surface area (Å²) in [6.45, 7) is 11.0. The molecule has 9 nitrogen and oxygen atoms in total. The Kier molecular flexibility index (Phi) is 6.40. The summed E-state index contributed by atoms with van der Waals surface area (Å²) in [6.07, 6.45) is 1.08. The van der Waals surface area contributed by atoms with Crippen LogP contribution < -0.4 is 4.90 Å². The van der Waals surface area contributed by atoms with E-state index in [4.69, 9.17) is 4.74 Å². The van der Waals surface area contributed by atoms with Crippen LogP contribution in [0.4, 0.5) is 14.6 Å². The number of hydrogen-bond donors (Lipinski definition) is 0. The summed E-state index contributed by atoms with van der Waals surface area (Å²) in [5.74, 6) is -0.647. The molecule has 0 aromatic carbocycles. The summed E-state index contributed by atoms with van der Waals surface area (Å²) in [5, 5.41) is 15.2. The highest BCUT2D eigenvalue weighted by atomic mass is 32.1. The third kappa shape index (κ3) is 4.78. The van der Waals surface area contributed by atoms with Crippen molar-refractivity contribution in [3.63, 3.8) is 0 Å². The van der Waals surface area contributed by atoms with Gasteiger partial charge in [-0.05, 0) is 37.4 Å². The van der Waals surface area contributed by atoms with Crippen LogP contribution in [0.1, 0.15) is 24.4 Å². The topological polar surface area (TPSA) is 98.9 Å². The van der Waals surface area contributed by atoms with Gasteiger partial charge in [0, 0.05) is 14.7 Å². The molecular formula is C24H27F2N7O2SSi. The van der Waals surface area contributed by atoms with Crippen molar-refractivity contribution >= 4 is 42.2 Å². The van der Waals surface area contributed by atoms with E-state index in [2.05, 4.69) is 44.9 Å². The van der Waals surface area contributed by atoms with E-state index in [-0.39, 0.29) is 36.5 Å². The Bertz CT molecular complexity index is 1500. The summed E-state index contributed by atoms with van der Waals surface area (Å²) < 4.78 is 35.7. The van der Waals surface area contributed by atoms with Gasteiger partial charge in [0.1, 0.15) is 29.8 Å². The maximum absolute atomic E-state index is 14.2. The number of fused-ring (bicyclic) bond motifs is 2. The van der Waals surface area contributed by atoms with Crippen LogP contribution in [0.25, 0.3) is 22.6 Å². The third-order valence-corrected chi connectivity index (χ3v) is 8.85. The molecule has 4 aromatic rings. The van der Waals surface area contributed by atoms with Gasteiger partial charge in [0.25, 0.3) is 0 Å². The SMILES string of the molecule is CC1(C)C(=O)N(COCC[Si](C)(C)C)c2nc(-c3nn(Cc4sccc4F)c4ncc(F)cc34)nnc21. The number of amides is 1. The van der Waals surface area contributed by atoms with Gasteiger partial charge in [-0.2, -0.15) is 5.10 Å². The summed E-state index contributed by atoms with van der Waals surface area (Å²) in [7, 11) is -1.30. The fraction of sp³-hybridized carbons (Fsp3) is 0.417. The number of carbonyl (C=O) groups is 1. The van der Waals surface area contributed by atoms with Crippen molar-refractivity contribution in [3.05, 3.63) is 45.9 Å². The fourth-order valence-electron chi connectivity index (χ4n) is 4.08. The molecule has 0 saturated heterocycles. The van der Waals surface area contributed by atoms with Gasteiger partial charge in [-0.25, -0.2) is 23.4 Å². The van der Waals surface area contributed by atoms with Crippen LogP contribution in [-0.2, 0) is 21.5 Å². The zero-order valence-electron chi connectivity index (χ0n) is 21.2. The molecule has 0 spiro atoms. The normalized spacial score (nSPS) is 15.1. The molecule has 1 aliphatic heterocycles. The number of carbonyl (C=O) groups excluding carboxylic acids is 1. The van der Waals surface area contributed by atoms with Crippen molar-refractivity contribution in [2.45, 2.75) is 51.5 Å². The standard InChI is InChI=1S/C24H27F2N7O2SSi/c1-24(2)19-22(32(23(24)34)13-35-7-9-37(3,4)5)28-20(30-29-19)18-15-10-14(25)11-27-21(15)33(31-18)12-17-16(26)6-8-36-17/h6,8,10-11H,7,9,12-13H2,1-5H3. The number of rotatable bonds is 8. The average Bonchev–Trinajstić information content (AvgIpc) is 3.45. The van der Waals surface area contributed by atoms with Crippen LogP contribution >= 0.6 is 11.3 Å². The second-order valence-electron chi connectivity index (χ2n) is 10.7. The first-order valence-electron chi connectivity index (χ1n) is 11.8. The van der Waals surface area contributed by atoms with Crippen LogP contribution in [0.5, 0.6) is 0 Å². The van der Waals surface area contributed by atoms with Gasteiger partial charge >= 0.3 is 0 Å². The number of aromatic nitrogens is 6. The van der Waals surface area contributed by atoms with Crippen LogP contribution in [0.2, 0.25) is 25.7 Å². The van der Waals surface area contributed by atoms with E-state index < -0.39 is 19.3 Å². The third-order valence-electron chi connectivity index (χ3n) is 6.26. The summed E-state index contributed by atoms with van der Waals surface area (Å²) in [6, 6.07) is 3.63. The number of nitrogens with zero attached hydrogens (tertiary/aromatic N) is 7. The van der Waals surface area contributed by atoms with Gasteiger partial charge in [0.05, 0.1) is 28.4 Å². The molecule has 4 aromatic heterocycles. The Morgan fingerprint density at radius 2 is 1.97 bits per heavy atom. The summed E-state index contributed by atoms with van der Waals surface area (Å²) in [5.41, 5.74) is 0.105. The molecule has 37 heavy (non-hydrogen) atoms. The largest absolute Gasteiger partial charge is 0.361 e. The quantitative estimate of drug-likeness (QED) is 0.236. The smallest absolute Gasteiger partial charge is 0.242 e. The highest BCUT2D eigenvalue weighted by Crippen LogP contribution is 2.39. The monoisotopic (exact) mass is 543 g/mol. The van der Waals surface area contributed by atoms with Crippen LogP contribution in [0.3, 0.4) is 0 Å². The predicted octanol–water partition coefficient (Wildman–Crippen LogP) is 4.61. The van der Waals surface area contributed by atoms with E-state index in [0.29, 0.717) is 34.0 Å². The lowest BCUT2D eigenvalue weighted by Crippen LogP contribution is -2.38. The zero-order valence-corrected chi connectivity index (χ0v) is 23.1. The predicted molar refractivity (Wildman–Crippen MR) is 139 cm³/mol. The highest BCUT2D eigenvalue weighted by Gasteiger charge is 2.47. The average molecular weight is 544 g/mol. The van der Waals surface area contributed by atoms with Crippen molar-refractivity contribution in [2.24, 2.45) is 0 Å². The minimum atomic E-state index is -1.30. The first-order chi connectivity index (χ1) is 17.5. The van der Waals surface area contributed by atoms with Crippen molar-refractivity contribution < 1.29 is 18.3 Å². The van der Waals surface area contributed by atoms with Crippen LogP contribution in [0, 0.1) is 11.6 Å². The van der Waals surface area contributed by atoms with E-state index in [1.165, 1.54) is 33.1 Å². The summed E-state index contributed by atoms with van der Waals surface area (Å²) in [4.78, 5) is 24.0. The molecule has 194 valence electrons. The maximum atomic E-state index is 14.2. The molecule has 5 rings (SSSR count). The van der Waals surface area contributed by atoms with Gasteiger partial charge in [-0.3, -0.25) is 9.69 Å². The molecule has 5 heterocycles. The highest BCUT2D eigenvalue weighted by molar-refractivity contribution is 7.09.